The molecule has 2 aromatic carbocycles. The van der Waals surface area contributed by atoms with Crippen molar-refractivity contribution in [3.63, 3.8) is 0 Å². The number of thioether (sulfide) groups is 1. The van der Waals surface area contributed by atoms with Crippen LogP contribution >= 0.6 is 23.1 Å². The minimum Gasteiger partial charge on any atom is -0.370 e. The number of benzene rings is 2. The Morgan fingerprint density at radius 3 is 2.32 bits per heavy atom. The lowest BCUT2D eigenvalue weighted by Crippen LogP contribution is -2.33. The van der Waals surface area contributed by atoms with Crippen molar-refractivity contribution in [2.24, 2.45) is 0 Å². The van der Waals surface area contributed by atoms with E-state index in [9.17, 15) is 21.6 Å². The van der Waals surface area contributed by atoms with E-state index in [1.165, 1.54) is 15.6 Å². The fourth-order valence-electron chi connectivity index (χ4n) is 4.09. The molecule has 2 heterocycles. The predicted molar refractivity (Wildman–Crippen MR) is 137 cm³/mol. The van der Waals surface area contributed by atoms with E-state index >= 15 is 0 Å². The SMILES string of the molecule is Cc1c(N(CCCCC(F)(F)F)S(=O)(=O)c2ccc(N3CCSCC3)cc2)sc2ccccc12. The number of alkyl halides is 3. The van der Waals surface area contributed by atoms with Crippen LogP contribution in [0.1, 0.15) is 24.8 Å². The Bertz CT molecular complexity index is 1220. The van der Waals surface area contributed by atoms with Gasteiger partial charge < -0.3 is 4.90 Å². The highest BCUT2D eigenvalue weighted by Crippen LogP contribution is 2.40. The van der Waals surface area contributed by atoms with Crippen molar-refractivity contribution in [3.8, 4) is 0 Å². The van der Waals surface area contributed by atoms with E-state index in [0.717, 1.165) is 45.9 Å². The Hall–Kier alpha value is -1.91. The van der Waals surface area contributed by atoms with Gasteiger partial charge in [-0.25, -0.2) is 8.42 Å². The first-order chi connectivity index (χ1) is 16.2. The van der Waals surface area contributed by atoms with Crippen LogP contribution < -0.4 is 9.21 Å². The number of hydrogen-bond donors (Lipinski definition) is 0. The second-order valence-corrected chi connectivity index (χ2v) is 12.4. The van der Waals surface area contributed by atoms with Gasteiger partial charge in [0.25, 0.3) is 10.0 Å². The molecule has 1 aliphatic rings. The molecule has 1 fully saturated rings. The van der Waals surface area contributed by atoms with Crippen LogP contribution in [0.15, 0.2) is 53.4 Å². The third-order valence-corrected chi connectivity index (χ3v) is 10.1. The minimum absolute atomic E-state index is 0.00280. The number of fused-ring (bicyclic) bond motifs is 1. The van der Waals surface area contributed by atoms with Crippen molar-refractivity contribution in [2.45, 2.75) is 37.3 Å². The van der Waals surface area contributed by atoms with Crippen molar-refractivity contribution < 1.29 is 21.6 Å². The molecule has 1 saturated heterocycles. The number of rotatable bonds is 8. The molecule has 0 spiro atoms. The number of sulfonamides is 1. The molecule has 0 radical (unpaired) electrons. The molecule has 4 rings (SSSR count). The molecule has 1 aliphatic heterocycles. The summed E-state index contributed by atoms with van der Waals surface area (Å²) >= 11 is 3.26. The van der Waals surface area contributed by atoms with Gasteiger partial charge in [-0.1, -0.05) is 18.2 Å². The van der Waals surface area contributed by atoms with E-state index in [1.54, 1.807) is 12.1 Å². The summed E-state index contributed by atoms with van der Waals surface area (Å²) in [5.41, 5.74) is 1.80. The highest BCUT2D eigenvalue weighted by Gasteiger charge is 2.30. The van der Waals surface area contributed by atoms with Crippen LogP contribution in [-0.4, -0.2) is 45.7 Å². The summed E-state index contributed by atoms with van der Waals surface area (Å²) in [6.45, 7) is 3.70. The van der Waals surface area contributed by atoms with E-state index in [2.05, 4.69) is 4.90 Å². The van der Waals surface area contributed by atoms with Gasteiger partial charge in [0, 0.05) is 47.9 Å². The molecule has 0 aliphatic carbocycles. The van der Waals surface area contributed by atoms with Gasteiger partial charge in [-0.05, 0) is 61.0 Å². The number of halogens is 3. The van der Waals surface area contributed by atoms with E-state index in [0.29, 0.717) is 5.00 Å². The summed E-state index contributed by atoms with van der Waals surface area (Å²) in [4.78, 5) is 2.38. The molecule has 1 aromatic heterocycles. The molecule has 34 heavy (non-hydrogen) atoms. The van der Waals surface area contributed by atoms with Crippen molar-refractivity contribution >= 4 is 53.9 Å². The lowest BCUT2D eigenvalue weighted by molar-refractivity contribution is -0.135. The molecular formula is C24H27F3N2O2S3. The quantitative estimate of drug-likeness (QED) is 0.306. The van der Waals surface area contributed by atoms with Crippen LogP contribution in [0.3, 0.4) is 0 Å². The van der Waals surface area contributed by atoms with E-state index in [-0.39, 0.29) is 24.3 Å². The molecule has 0 atom stereocenters. The summed E-state index contributed by atoms with van der Waals surface area (Å²) in [5.74, 6) is 2.08. The first-order valence-electron chi connectivity index (χ1n) is 11.2. The first kappa shape index (κ1) is 25.2. The number of nitrogens with zero attached hydrogens (tertiary/aromatic N) is 2. The van der Waals surface area contributed by atoms with Crippen molar-refractivity contribution in [3.05, 3.63) is 54.1 Å². The average molecular weight is 529 g/mol. The number of unbranched alkanes of at least 4 members (excludes halogenated alkanes) is 1. The zero-order valence-electron chi connectivity index (χ0n) is 18.8. The van der Waals surface area contributed by atoms with Gasteiger partial charge in [-0.15, -0.1) is 11.3 Å². The summed E-state index contributed by atoms with van der Waals surface area (Å²) in [6, 6.07) is 14.5. The Balaban J connectivity index is 1.64. The molecule has 0 saturated carbocycles. The molecule has 3 aromatic rings. The van der Waals surface area contributed by atoms with Gasteiger partial charge in [0.1, 0.15) is 5.00 Å². The van der Waals surface area contributed by atoms with Gasteiger partial charge in [0.15, 0.2) is 0 Å². The van der Waals surface area contributed by atoms with E-state index in [1.807, 2.05) is 55.1 Å². The predicted octanol–water partition coefficient (Wildman–Crippen LogP) is 6.69. The van der Waals surface area contributed by atoms with Crippen LogP contribution in [0.4, 0.5) is 23.9 Å². The minimum atomic E-state index is -4.25. The number of anilines is 2. The van der Waals surface area contributed by atoms with Crippen molar-refractivity contribution in [1.82, 2.24) is 0 Å². The van der Waals surface area contributed by atoms with Crippen molar-refractivity contribution in [1.29, 1.82) is 0 Å². The number of thiophene rings is 1. The van der Waals surface area contributed by atoms with Gasteiger partial charge in [-0.2, -0.15) is 24.9 Å². The maximum atomic E-state index is 13.7. The topological polar surface area (TPSA) is 40.6 Å². The first-order valence-corrected chi connectivity index (χ1v) is 14.6. The fourth-order valence-corrected chi connectivity index (χ4v) is 8.00. The maximum Gasteiger partial charge on any atom is 0.389 e. The fraction of sp³-hybridized carbons (Fsp3) is 0.417. The van der Waals surface area contributed by atoms with E-state index < -0.39 is 22.6 Å². The van der Waals surface area contributed by atoms with Crippen LogP contribution in [-0.2, 0) is 10.0 Å². The number of aryl methyl sites for hydroxylation is 1. The van der Waals surface area contributed by atoms with E-state index in [4.69, 9.17) is 0 Å². The van der Waals surface area contributed by atoms with Gasteiger partial charge >= 0.3 is 6.18 Å². The zero-order valence-corrected chi connectivity index (χ0v) is 21.3. The Kier molecular flexibility index (Phi) is 7.69. The summed E-state index contributed by atoms with van der Waals surface area (Å²) in [7, 11) is -3.95. The number of hydrogen-bond acceptors (Lipinski definition) is 5. The second kappa shape index (κ2) is 10.4. The Morgan fingerprint density at radius 2 is 1.68 bits per heavy atom. The Morgan fingerprint density at radius 1 is 1.00 bits per heavy atom. The highest BCUT2D eigenvalue weighted by atomic mass is 32.2. The van der Waals surface area contributed by atoms with Crippen LogP contribution in [0.2, 0.25) is 0 Å². The smallest absolute Gasteiger partial charge is 0.370 e. The molecule has 10 heteroatoms. The van der Waals surface area contributed by atoms with Gasteiger partial charge in [0.2, 0.25) is 0 Å². The standard InChI is InChI=1S/C24H27F3N2O2S3/c1-18-21-6-2-3-7-22(21)33-23(18)29(13-5-4-12-24(25,26)27)34(30,31)20-10-8-19(9-11-20)28-14-16-32-17-15-28/h2-3,6-11H,4-5,12-17H2,1H3. The lowest BCUT2D eigenvalue weighted by Gasteiger charge is -2.29. The van der Waals surface area contributed by atoms with Crippen molar-refractivity contribution in [2.75, 3.05) is 40.3 Å². The van der Waals surface area contributed by atoms with Crippen LogP contribution in [0.5, 0.6) is 0 Å². The maximum absolute atomic E-state index is 13.7. The average Bonchev–Trinajstić information content (AvgIpc) is 3.15. The molecule has 0 N–H and O–H groups in total. The molecule has 0 bridgehead atoms. The zero-order chi connectivity index (χ0) is 24.3. The van der Waals surface area contributed by atoms with Crippen LogP contribution in [0.25, 0.3) is 10.1 Å². The summed E-state index contributed by atoms with van der Waals surface area (Å²) in [6.07, 6.45) is -5.17. The van der Waals surface area contributed by atoms with Gasteiger partial charge in [0.05, 0.1) is 4.90 Å². The molecular weight excluding hydrogens is 501 g/mol. The monoisotopic (exact) mass is 528 g/mol. The largest absolute Gasteiger partial charge is 0.389 e. The molecule has 0 amide bonds. The third-order valence-electron chi connectivity index (χ3n) is 5.92. The van der Waals surface area contributed by atoms with Crippen LogP contribution in [0, 0.1) is 6.92 Å². The summed E-state index contributed by atoms with van der Waals surface area (Å²) < 4.78 is 67.7. The van der Waals surface area contributed by atoms with Gasteiger partial charge in [-0.3, -0.25) is 4.31 Å². The lowest BCUT2D eigenvalue weighted by atomic mass is 10.2. The molecule has 0 unspecified atom stereocenters. The highest BCUT2D eigenvalue weighted by molar-refractivity contribution is 7.99. The normalized spacial score (nSPS) is 15.1. The molecule has 184 valence electrons. The second-order valence-electron chi connectivity index (χ2n) is 8.27. The summed E-state index contributed by atoms with van der Waals surface area (Å²) in [5, 5.41) is 1.52. The Labute approximate surface area is 206 Å². The molecule has 4 nitrogen and oxygen atoms in total. The third kappa shape index (κ3) is 5.66.